The zero-order chi connectivity index (χ0) is 16.3. The van der Waals surface area contributed by atoms with Gasteiger partial charge in [0.15, 0.2) is 0 Å². The molecule has 0 unspecified atom stereocenters. The molecule has 1 amide bonds. The van der Waals surface area contributed by atoms with Crippen molar-refractivity contribution < 1.29 is 9.53 Å². The molecule has 1 aromatic rings. The highest BCUT2D eigenvalue weighted by Crippen LogP contribution is 2.27. The van der Waals surface area contributed by atoms with Gasteiger partial charge in [0.2, 0.25) is 5.88 Å². The predicted octanol–water partition coefficient (Wildman–Crippen LogP) is 2.55. The van der Waals surface area contributed by atoms with E-state index < -0.39 is 0 Å². The molecule has 0 N–H and O–H groups in total. The molecular weight excluding hydrogens is 302 g/mol. The molecule has 0 aliphatic carbocycles. The van der Waals surface area contributed by atoms with E-state index in [0.29, 0.717) is 35.0 Å². The molecule has 0 bridgehead atoms. The second-order valence-corrected chi connectivity index (χ2v) is 6.26. The largest absolute Gasteiger partial charge is 0.477 e. The smallest absolute Gasteiger partial charge is 0.255 e. The average Bonchev–Trinajstić information content (AvgIpc) is 2.93. The summed E-state index contributed by atoms with van der Waals surface area (Å²) in [5, 5.41) is 0.378. The van der Waals surface area contributed by atoms with Crippen LogP contribution in [0.25, 0.3) is 0 Å². The number of carbonyl (C=O) groups excluding carboxylic acids is 1. The molecule has 5 nitrogen and oxygen atoms in total. The van der Waals surface area contributed by atoms with Crippen LogP contribution in [-0.4, -0.2) is 60.5 Å². The molecule has 122 valence electrons. The van der Waals surface area contributed by atoms with E-state index in [1.165, 1.54) is 0 Å². The summed E-state index contributed by atoms with van der Waals surface area (Å²) in [6, 6.07) is 2.05. The van der Waals surface area contributed by atoms with Crippen LogP contribution in [0.1, 0.15) is 30.6 Å². The minimum Gasteiger partial charge on any atom is -0.477 e. The molecule has 6 heteroatoms. The molecule has 2 rings (SSSR count). The van der Waals surface area contributed by atoms with Crippen LogP contribution in [0.15, 0.2) is 12.3 Å². The molecular formula is C16H24ClN3O2. The SMILES string of the molecule is CCOc1ncc(C(=O)N2C[C@@H](CC)[C@H](N(C)C)C2)cc1Cl. The van der Waals surface area contributed by atoms with E-state index >= 15 is 0 Å². The number of ether oxygens (including phenoxy) is 1. The van der Waals surface area contributed by atoms with Gasteiger partial charge in [0.1, 0.15) is 5.02 Å². The Kier molecular flexibility index (Phi) is 5.64. The number of hydrogen-bond donors (Lipinski definition) is 0. The van der Waals surface area contributed by atoms with Gasteiger partial charge in [-0.15, -0.1) is 0 Å². The number of rotatable bonds is 5. The zero-order valence-electron chi connectivity index (χ0n) is 13.7. The summed E-state index contributed by atoms with van der Waals surface area (Å²) in [5.41, 5.74) is 0.516. The van der Waals surface area contributed by atoms with Gasteiger partial charge in [-0.1, -0.05) is 24.9 Å². The number of nitrogens with zero attached hydrogens (tertiary/aromatic N) is 3. The van der Waals surface area contributed by atoms with Gasteiger partial charge in [-0.05, 0) is 33.0 Å². The van der Waals surface area contributed by atoms with Crippen molar-refractivity contribution in [2.24, 2.45) is 5.92 Å². The molecule has 0 saturated carbocycles. The first-order chi connectivity index (χ1) is 10.5. The minimum atomic E-state index is -0.0137. The van der Waals surface area contributed by atoms with E-state index in [0.717, 1.165) is 19.5 Å². The maximum absolute atomic E-state index is 12.7. The Bertz CT molecular complexity index is 536. The Hall–Kier alpha value is -1.33. The van der Waals surface area contributed by atoms with Crippen LogP contribution in [0, 0.1) is 5.92 Å². The Morgan fingerprint density at radius 3 is 2.68 bits per heavy atom. The van der Waals surface area contributed by atoms with E-state index in [-0.39, 0.29) is 5.91 Å². The summed E-state index contributed by atoms with van der Waals surface area (Å²) in [6.45, 7) is 6.06. The predicted molar refractivity (Wildman–Crippen MR) is 87.6 cm³/mol. The lowest BCUT2D eigenvalue weighted by molar-refractivity contribution is 0.0780. The summed E-state index contributed by atoms with van der Waals surface area (Å²) in [7, 11) is 4.13. The molecule has 0 radical (unpaired) electrons. The van der Waals surface area contributed by atoms with Crippen molar-refractivity contribution in [1.29, 1.82) is 0 Å². The van der Waals surface area contributed by atoms with Crippen LogP contribution < -0.4 is 4.74 Å². The molecule has 0 aromatic carbocycles. The third kappa shape index (κ3) is 3.52. The van der Waals surface area contributed by atoms with Gasteiger partial charge in [-0.3, -0.25) is 4.79 Å². The van der Waals surface area contributed by atoms with Crippen LogP contribution in [0.5, 0.6) is 5.88 Å². The lowest BCUT2D eigenvalue weighted by atomic mass is 10.0. The maximum Gasteiger partial charge on any atom is 0.255 e. The third-order valence-electron chi connectivity index (χ3n) is 4.22. The molecule has 2 heterocycles. The number of pyridine rings is 1. The average molecular weight is 326 g/mol. The number of hydrogen-bond acceptors (Lipinski definition) is 4. The number of halogens is 1. The normalized spacial score (nSPS) is 21.5. The quantitative estimate of drug-likeness (QED) is 0.834. The van der Waals surface area contributed by atoms with E-state index in [1.54, 1.807) is 12.3 Å². The molecule has 22 heavy (non-hydrogen) atoms. The summed E-state index contributed by atoms with van der Waals surface area (Å²) >= 11 is 6.13. The van der Waals surface area contributed by atoms with Crippen LogP contribution in [-0.2, 0) is 0 Å². The summed E-state index contributed by atoms with van der Waals surface area (Å²) in [5.74, 6) is 0.866. The summed E-state index contributed by atoms with van der Waals surface area (Å²) in [6.07, 6.45) is 2.61. The van der Waals surface area contributed by atoms with Crippen LogP contribution in [0.4, 0.5) is 0 Å². The molecule has 2 atom stereocenters. The van der Waals surface area contributed by atoms with Crippen molar-refractivity contribution in [1.82, 2.24) is 14.8 Å². The van der Waals surface area contributed by atoms with Crippen molar-refractivity contribution in [2.45, 2.75) is 26.3 Å². The van der Waals surface area contributed by atoms with Gasteiger partial charge in [-0.2, -0.15) is 0 Å². The Morgan fingerprint density at radius 2 is 2.18 bits per heavy atom. The first kappa shape index (κ1) is 17.0. The fraction of sp³-hybridized carbons (Fsp3) is 0.625. The Balaban J connectivity index is 2.13. The van der Waals surface area contributed by atoms with Crippen molar-refractivity contribution in [3.63, 3.8) is 0 Å². The number of carbonyl (C=O) groups is 1. The monoisotopic (exact) mass is 325 g/mol. The number of likely N-dealkylation sites (N-methyl/N-ethyl adjacent to an activating group) is 1. The van der Waals surface area contributed by atoms with Crippen molar-refractivity contribution in [2.75, 3.05) is 33.8 Å². The third-order valence-corrected chi connectivity index (χ3v) is 4.49. The first-order valence-corrected chi connectivity index (χ1v) is 8.09. The highest BCUT2D eigenvalue weighted by molar-refractivity contribution is 6.32. The van der Waals surface area contributed by atoms with Crippen LogP contribution in [0.2, 0.25) is 5.02 Å². The fourth-order valence-electron chi connectivity index (χ4n) is 2.97. The van der Waals surface area contributed by atoms with E-state index in [9.17, 15) is 4.79 Å². The molecule has 1 aliphatic rings. The molecule has 0 spiro atoms. The van der Waals surface area contributed by atoms with Gasteiger partial charge in [-0.25, -0.2) is 4.98 Å². The van der Waals surface area contributed by atoms with Gasteiger partial charge in [0.05, 0.1) is 12.2 Å². The highest BCUT2D eigenvalue weighted by Gasteiger charge is 2.35. The van der Waals surface area contributed by atoms with E-state index in [2.05, 4.69) is 30.9 Å². The molecule has 1 fully saturated rings. The minimum absolute atomic E-state index is 0.0137. The van der Waals surface area contributed by atoms with Crippen molar-refractivity contribution >= 4 is 17.5 Å². The number of aromatic nitrogens is 1. The zero-order valence-corrected chi connectivity index (χ0v) is 14.4. The van der Waals surface area contributed by atoms with Crippen LogP contribution in [0.3, 0.4) is 0 Å². The number of likely N-dealkylation sites (tertiary alicyclic amines) is 1. The Labute approximate surface area is 137 Å². The van der Waals surface area contributed by atoms with E-state index in [1.807, 2.05) is 11.8 Å². The summed E-state index contributed by atoms with van der Waals surface area (Å²) < 4.78 is 5.31. The number of amides is 1. The summed E-state index contributed by atoms with van der Waals surface area (Å²) in [4.78, 5) is 20.9. The standard InChI is InChI=1S/C16H24ClN3O2/c1-5-11-9-20(10-14(11)19(3)4)16(21)12-7-13(17)15(18-8-12)22-6-2/h7-8,11,14H,5-6,9-10H2,1-4H3/t11-,14-/m1/s1. The van der Waals surface area contributed by atoms with Gasteiger partial charge in [0.25, 0.3) is 5.91 Å². The molecule has 1 saturated heterocycles. The van der Waals surface area contributed by atoms with E-state index in [4.69, 9.17) is 16.3 Å². The van der Waals surface area contributed by atoms with Crippen LogP contribution >= 0.6 is 11.6 Å². The Morgan fingerprint density at radius 1 is 1.45 bits per heavy atom. The lowest BCUT2D eigenvalue weighted by Crippen LogP contribution is -2.36. The maximum atomic E-state index is 12.7. The second-order valence-electron chi connectivity index (χ2n) is 5.85. The topological polar surface area (TPSA) is 45.7 Å². The fourth-order valence-corrected chi connectivity index (χ4v) is 3.19. The first-order valence-electron chi connectivity index (χ1n) is 7.71. The lowest BCUT2D eigenvalue weighted by Gasteiger charge is -2.23. The van der Waals surface area contributed by atoms with Gasteiger partial charge in [0, 0.05) is 25.3 Å². The molecule has 1 aromatic heterocycles. The highest BCUT2D eigenvalue weighted by atomic mass is 35.5. The van der Waals surface area contributed by atoms with Gasteiger partial charge < -0.3 is 14.5 Å². The van der Waals surface area contributed by atoms with Crippen molar-refractivity contribution in [3.8, 4) is 5.88 Å². The van der Waals surface area contributed by atoms with Gasteiger partial charge >= 0.3 is 0 Å². The van der Waals surface area contributed by atoms with Crippen molar-refractivity contribution in [3.05, 3.63) is 22.8 Å². The second kappa shape index (κ2) is 7.29. The molecule has 1 aliphatic heterocycles.